The molecule has 0 aromatic rings. The second-order valence-electron chi connectivity index (χ2n) is 4.16. The van der Waals surface area contributed by atoms with E-state index in [0.717, 1.165) is 6.42 Å². The van der Waals surface area contributed by atoms with Gasteiger partial charge in [0.05, 0.1) is 19.3 Å². The summed E-state index contributed by atoms with van der Waals surface area (Å²) in [5.41, 5.74) is 1.29. The average molecular weight is 226 g/mol. The third-order valence-corrected chi connectivity index (χ3v) is 2.32. The number of rotatable bonds is 9. The van der Waals surface area contributed by atoms with Gasteiger partial charge in [-0.15, -0.1) is 0 Å². The van der Waals surface area contributed by atoms with Crippen LogP contribution in [-0.2, 0) is 9.47 Å². The molecule has 2 heteroatoms. The molecule has 0 N–H and O–H groups in total. The highest BCUT2D eigenvalue weighted by Gasteiger charge is 2.00. The van der Waals surface area contributed by atoms with Gasteiger partial charge in [0.2, 0.25) is 0 Å². The molecule has 0 fully saturated rings. The highest BCUT2D eigenvalue weighted by atomic mass is 16.5. The zero-order valence-corrected chi connectivity index (χ0v) is 11.2. The molecule has 0 rings (SSSR count). The van der Waals surface area contributed by atoms with Crippen molar-refractivity contribution in [3.05, 3.63) is 23.8 Å². The molecule has 0 radical (unpaired) electrons. The summed E-state index contributed by atoms with van der Waals surface area (Å²) < 4.78 is 10.8. The van der Waals surface area contributed by atoms with E-state index in [2.05, 4.69) is 32.9 Å². The SMILES string of the molecule is CCCCC(/C=C\COCC=C(C)C)OC. The lowest BCUT2D eigenvalue weighted by atomic mass is 10.1. The van der Waals surface area contributed by atoms with Crippen LogP contribution in [0.15, 0.2) is 23.8 Å². The Morgan fingerprint density at radius 1 is 1.25 bits per heavy atom. The lowest BCUT2D eigenvalue weighted by Gasteiger charge is -2.09. The van der Waals surface area contributed by atoms with Gasteiger partial charge in [0, 0.05) is 7.11 Å². The van der Waals surface area contributed by atoms with Crippen LogP contribution >= 0.6 is 0 Å². The summed E-state index contributed by atoms with van der Waals surface area (Å²) in [7, 11) is 1.76. The van der Waals surface area contributed by atoms with E-state index in [1.807, 2.05) is 6.08 Å². The monoisotopic (exact) mass is 226 g/mol. The summed E-state index contributed by atoms with van der Waals surface area (Å²) in [6.07, 6.45) is 9.98. The van der Waals surface area contributed by atoms with E-state index in [0.29, 0.717) is 13.2 Å². The Hall–Kier alpha value is -0.600. The fourth-order valence-corrected chi connectivity index (χ4v) is 1.27. The van der Waals surface area contributed by atoms with Crippen molar-refractivity contribution in [2.24, 2.45) is 0 Å². The molecule has 16 heavy (non-hydrogen) atoms. The molecule has 0 saturated carbocycles. The van der Waals surface area contributed by atoms with Gasteiger partial charge in [-0.2, -0.15) is 0 Å². The summed E-state index contributed by atoms with van der Waals surface area (Å²) in [5.74, 6) is 0. The van der Waals surface area contributed by atoms with Gasteiger partial charge in [-0.1, -0.05) is 43.6 Å². The van der Waals surface area contributed by atoms with Crippen LogP contribution in [0, 0.1) is 0 Å². The maximum atomic E-state index is 5.43. The quantitative estimate of drug-likeness (QED) is 0.440. The van der Waals surface area contributed by atoms with Crippen LogP contribution in [0.3, 0.4) is 0 Å². The molecule has 94 valence electrons. The van der Waals surface area contributed by atoms with Crippen LogP contribution in [0.5, 0.6) is 0 Å². The van der Waals surface area contributed by atoms with Gasteiger partial charge in [0.1, 0.15) is 0 Å². The van der Waals surface area contributed by atoms with E-state index in [9.17, 15) is 0 Å². The standard InChI is InChI=1S/C14H26O2/c1-5-6-8-14(15-4)9-7-11-16-12-10-13(2)3/h7,9-10,14H,5-6,8,11-12H2,1-4H3/b9-7-. The predicted octanol–water partition coefficient (Wildman–Crippen LogP) is 3.73. The first-order valence-corrected chi connectivity index (χ1v) is 6.11. The average Bonchev–Trinajstić information content (AvgIpc) is 2.26. The van der Waals surface area contributed by atoms with Crippen LogP contribution in [-0.4, -0.2) is 26.4 Å². The summed E-state index contributed by atoms with van der Waals surface area (Å²) in [4.78, 5) is 0. The number of allylic oxidation sites excluding steroid dienone is 1. The molecular formula is C14H26O2. The zero-order chi connectivity index (χ0) is 12.2. The molecule has 0 aliphatic heterocycles. The van der Waals surface area contributed by atoms with Gasteiger partial charge < -0.3 is 9.47 Å². The molecule has 1 atom stereocenters. The first-order chi connectivity index (χ1) is 7.70. The third-order valence-electron chi connectivity index (χ3n) is 2.32. The van der Waals surface area contributed by atoms with Crippen molar-refractivity contribution in [2.45, 2.75) is 46.1 Å². The van der Waals surface area contributed by atoms with E-state index in [1.165, 1.54) is 18.4 Å². The maximum Gasteiger partial charge on any atom is 0.0752 e. The van der Waals surface area contributed by atoms with Gasteiger partial charge >= 0.3 is 0 Å². The molecule has 0 aromatic carbocycles. The Balaban J connectivity index is 3.59. The Labute approximate surface area is 100 Å². The van der Waals surface area contributed by atoms with E-state index in [4.69, 9.17) is 9.47 Å². The summed E-state index contributed by atoms with van der Waals surface area (Å²) in [6, 6.07) is 0. The fraction of sp³-hybridized carbons (Fsp3) is 0.714. The number of methoxy groups -OCH3 is 1. The zero-order valence-electron chi connectivity index (χ0n) is 11.2. The van der Waals surface area contributed by atoms with E-state index >= 15 is 0 Å². The van der Waals surface area contributed by atoms with Gasteiger partial charge in [-0.05, 0) is 20.3 Å². The molecule has 0 aromatic heterocycles. The Morgan fingerprint density at radius 3 is 2.56 bits per heavy atom. The maximum absolute atomic E-state index is 5.43. The molecule has 0 bridgehead atoms. The van der Waals surface area contributed by atoms with Crippen molar-refractivity contribution < 1.29 is 9.47 Å². The summed E-state index contributed by atoms with van der Waals surface area (Å²) in [6.45, 7) is 7.70. The molecule has 0 aliphatic carbocycles. The van der Waals surface area contributed by atoms with Crippen molar-refractivity contribution in [1.29, 1.82) is 0 Å². The molecule has 0 saturated heterocycles. The van der Waals surface area contributed by atoms with Crippen LogP contribution in [0.4, 0.5) is 0 Å². The highest BCUT2D eigenvalue weighted by Crippen LogP contribution is 2.05. The number of hydrogen-bond acceptors (Lipinski definition) is 2. The second kappa shape index (κ2) is 10.9. The Bertz CT molecular complexity index is 203. The normalized spacial score (nSPS) is 13.0. The van der Waals surface area contributed by atoms with Crippen molar-refractivity contribution in [2.75, 3.05) is 20.3 Å². The minimum Gasteiger partial charge on any atom is -0.377 e. The number of ether oxygens (including phenoxy) is 2. The highest BCUT2D eigenvalue weighted by molar-refractivity contribution is 4.93. The van der Waals surface area contributed by atoms with Crippen LogP contribution in [0.1, 0.15) is 40.0 Å². The smallest absolute Gasteiger partial charge is 0.0752 e. The van der Waals surface area contributed by atoms with Gasteiger partial charge in [-0.3, -0.25) is 0 Å². The minimum absolute atomic E-state index is 0.243. The first-order valence-electron chi connectivity index (χ1n) is 6.11. The lowest BCUT2D eigenvalue weighted by Crippen LogP contribution is -2.06. The second-order valence-corrected chi connectivity index (χ2v) is 4.16. The molecule has 1 unspecified atom stereocenters. The van der Waals surface area contributed by atoms with E-state index in [1.54, 1.807) is 7.11 Å². The summed E-state index contributed by atoms with van der Waals surface area (Å²) >= 11 is 0. The van der Waals surface area contributed by atoms with Gasteiger partial charge in [0.25, 0.3) is 0 Å². The van der Waals surface area contributed by atoms with Crippen LogP contribution in [0.25, 0.3) is 0 Å². The fourth-order valence-electron chi connectivity index (χ4n) is 1.27. The van der Waals surface area contributed by atoms with E-state index < -0.39 is 0 Å². The van der Waals surface area contributed by atoms with E-state index in [-0.39, 0.29) is 6.10 Å². The Kier molecular flexibility index (Phi) is 10.5. The molecule has 0 aliphatic rings. The molecule has 0 spiro atoms. The van der Waals surface area contributed by atoms with Crippen molar-refractivity contribution in [3.8, 4) is 0 Å². The van der Waals surface area contributed by atoms with Gasteiger partial charge in [0.15, 0.2) is 0 Å². The summed E-state index contributed by atoms with van der Waals surface area (Å²) in [5, 5.41) is 0. The predicted molar refractivity (Wildman–Crippen MR) is 69.7 cm³/mol. The Morgan fingerprint density at radius 2 is 2.00 bits per heavy atom. The number of unbranched alkanes of at least 4 members (excludes halogenated alkanes) is 1. The lowest BCUT2D eigenvalue weighted by molar-refractivity contribution is 0.129. The van der Waals surface area contributed by atoms with Crippen LogP contribution in [0.2, 0.25) is 0 Å². The topological polar surface area (TPSA) is 18.5 Å². The van der Waals surface area contributed by atoms with Crippen molar-refractivity contribution in [1.82, 2.24) is 0 Å². The molecular weight excluding hydrogens is 200 g/mol. The third kappa shape index (κ3) is 9.94. The molecule has 0 amide bonds. The minimum atomic E-state index is 0.243. The van der Waals surface area contributed by atoms with Crippen molar-refractivity contribution >= 4 is 0 Å². The first kappa shape index (κ1) is 15.4. The van der Waals surface area contributed by atoms with Crippen molar-refractivity contribution in [3.63, 3.8) is 0 Å². The molecule has 2 nitrogen and oxygen atoms in total. The number of hydrogen-bond donors (Lipinski definition) is 0. The largest absolute Gasteiger partial charge is 0.377 e. The molecule has 0 heterocycles. The van der Waals surface area contributed by atoms with Gasteiger partial charge in [-0.25, -0.2) is 0 Å². The van der Waals surface area contributed by atoms with Crippen LogP contribution < -0.4 is 0 Å².